The molecule has 0 bridgehead atoms. The topological polar surface area (TPSA) is 153 Å². The van der Waals surface area contributed by atoms with Crippen molar-refractivity contribution in [2.75, 3.05) is 19.7 Å². The molecule has 0 heterocycles. The summed E-state index contributed by atoms with van der Waals surface area (Å²) in [5, 5.41) is 22.6. The van der Waals surface area contributed by atoms with Crippen molar-refractivity contribution >= 4 is 15.7 Å². The van der Waals surface area contributed by atoms with E-state index in [2.05, 4.69) is 10.0 Å². The van der Waals surface area contributed by atoms with E-state index in [1.165, 1.54) is 18.2 Å². The molecule has 0 aliphatic heterocycles. The second kappa shape index (κ2) is 10.2. The van der Waals surface area contributed by atoms with Gasteiger partial charge in [-0.15, -0.1) is 0 Å². The molecule has 0 amide bonds. The van der Waals surface area contributed by atoms with Gasteiger partial charge in [-0.25, -0.2) is 13.1 Å². The highest BCUT2D eigenvalue weighted by Crippen LogP contribution is 2.22. The fourth-order valence-corrected chi connectivity index (χ4v) is 3.30. The summed E-state index contributed by atoms with van der Waals surface area (Å²) in [6.45, 7) is 2.86. The number of para-hydroxylation sites is 1. The van der Waals surface area contributed by atoms with Crippen LogP contribution in [0.2, 0.25) is 0 Å². The first-order valence-corrected chi connectivity index (χ1v) is 8.44. The number of nitrogens with zero attached hydrogens (tertiary/aromatic N) is 1. The molecule has 0 spiro atoms. The number of hydrogen-bond donors (Lipinski definition) is 3. The molecule has 0 fully saturated rings. The Bertz CT molecular complexity index is 593. The quantitative estimate of drug-likeness (QED) is 0.302. The molecule has 23 heavy (non-hydrogen) atoms. The fourth-order valence-electron chi connectivity index (χ4n) is 1.89. The smallest absolute Gasteiger partial charge is 0.289 e. The lowest BCUT2D eigenvalue weighted by molar-refractivity contribution is -0.387. The zero-order chi connectivity index (χ0) is 16.6. The third-order valence-corrected chi connectivity index (χ3v) is 4.56. The summed E-state index contributed by atoms with van der Waals surface area (Å²) in [4.78, 5) is 9.85. The second-order valence-electron chi connectivity index (χ2n) is 4.88. The number of rotatable bonds is 10. The van der Waals surface area contributed by atoms with Crippen LogP contribution in [-0.4, -0.2) is 49.7 Å². The van der Waals surface area contributed by atoms with E-state index in [0.29, 0.717) is 19.5 Å². The molecule has 1 atom stereocenters. The molecule has 9 nitrogen and oxygen atoms in total. The van der Waals surface area contributed by atoms with Crippen molar-refractivity contribution in [3.63, 3.8) is 0 Å². The van der Waals surface area contributed by atoms with Crippen molar-refractivity contribution in [1.82, 2.24) is 10.0 Å². The van der Waals surface area contributed by atoms with Gasteiger partial charge in [-0.3, -0.25) is 10.1 Å². The monoisotopic (exact) mass is 349 g/mol. The largest absolute Gasteiger partial charge is 0.412 e. The lowest BCUT2D eigenvalue weighted by Crippen LogP contribution is -2.40. The summed E-state index contributed by atoms with van der Waals surface area (Å²) < 4.78 is 26.9. The number of unbranched alkanes of at least 4 members (excludes halogenated alkanes) is 1. The van der Waals surface area contributed by atoms with Gasteiger partial charge in [0, 0.05) is 25.3 Å². The van der Waals surface area contributed by atoms with Crippen molar-refractivity contribution < 1.29 is 23.9 Å². The first-order valence-electron chi connectivity index (χ1n) is 6.96. The standard InChI is InChI=1S/C13H21N3O5S.H2O/c1-11(10-14-8-4-5-9-17)15-22(20,21)13-7-3-2-6-12(13)16(18)19;/h2-3,6-7,11,14-15,17H,4-5,8-10H2,1H3;1H2. The van der Waals surface area contributed by atoms with E-state index in [4.69, 9.17) is 5.11 Å². The van der Waals surface area contributed by atoms with E-state index in [1.54, 1.807) is 6.92 Å². The van der Waals surface area contributed by atoms with Crippen molar-refractivity contribution in [3.05, 3.63) is 34.4 Å². The third-order valence-electron chi connectivity index (χ3n) is 2.92. The molecule has 132 valence electrons. The highest BCUT2D eigenvalue weighted by atomic mass is 32.2. The van der Waals surface area contributed by atoms with Crippen molar-refractivity contribution in [1.29, 1.82) is 0 Å². The Kier molecular flexibility index (Phi) is 9.53. The predicted molar refractivity (Wildman–Crippen MR) is 85.7 cm³/mol. The minimum atomic E-state index is -3.95. The molecule has 0 radical (unpaired) electrons. The van der Waals surface area contributed by atoms with E-state index in [1.807, 2.05) is 0 Å². The zero-order valence-electron chi connectivity index (χ0n) is 12.9. The van der Waals surface area contributed by atoms with E-state index in [0.717, 1.165) is 12.5 Å². The lowest BCUT2D eigenvalue weighted by Gasteiger charge is -2.15. The maximum absolute atomic E-state index is 12.2. The maximum Gasteiger partial charge on any atom is 0.289 e. The first kappa shape index (κ1) is 21.4. The molecular formula is C13H23N3O6S. The van der Waals surface area contributed by atoms with Crippen molar-refractivity contribution in [2.24, 2.45) is 0 Å². The van der Waals surface area contributed by atoms with Crippen LogP contribution in [0, 0.1) is 10.1 Å². The average Bonchev–Trinajstić information content (AvgIpc) is 2.46. The summed E-state index contributed by atoms with van der Waals surface area (Å²) >= 11 is 0. The second-order valence-corrected chi connectivity index (χ2v) is 6.56. The highest BCUT2D eigenvalue weighted by Gasteiger charge is 2.26. The van der Waals surface area contributed by atoms with Gasteiger partial charge in [-0.05, 0) is 32.4 Å². The first-order chi connectivity index (χ1) is 10.4. The Labute approximate surface area is 135 Å². The van der Waals surface area contributed by atoms with Crippen LogP contribution in [-0.2, 0) is 10.0 Å². The third kappa shape index (κ3) is 7.01. The number of aliphatic hydroxyl groups excluding tert-OH is 1. The van der Waals surface area contributed by atoms with Gasteiger partial charge >= 0.3 is 0 Å². The van der Waals surface area contributed by atoms with Crippen LogP contribution < -0.4 is 10.0 Å². The van der Waals surface area contributed by atoms with Gasteiger partial charge < -0.3 is 15.9 Å². The van der Waals surface area contributed by atoms with Crippen LogP contribution >= 0.6 is 0 Å². The lowest BCUT2D eigenvalue weighted by atomic mass is 10.3. The number of nitrogens with one attached hydrogen (secondary N) is 2. The normalized spacial score (nSPS) is 12.4. The van der Waals surface area contributed by atoms with Crippen LogP contribution in [0.25, 0.3) is 0 Å². The SMILES string of the molecule is CC(CNCCCCO)NS(=O)(=O)c1ccccc1[N+](=O)[O-].O. The molecule has 1 aromatic carbocycles. The molecular weight excluding hydrogens is 326 g/mol. The number of nitro groups is 1. The molecule has 1 aromatic rings. The van der Waals surface area contributed by atoms with Crippen LogP contribution in [0.15, 0.2) is 29.2 Å². The fraction of sp³-hybridized carbons (Fsp3) is 0.538. The molecule has 1 rings (SSSR count). The van der Waals surface area contributed by atoms with Gasteiger partial charge in [0.15, 0.2) is 4.90 Å². The summed E-state index contributed by atoms with van der Waals surface area (Å²) in [5.41, 5.74) is -0.446. The number of hydrogen-bond acceptors (Lipinski definition) is 6. The molecule has 10 heteroatoms. The van der Waals surface area contributed by atoms with E-state index in [-0.39, 0.29) is 17.0 Å². The van der Waals surface area contributed by atoms with Crippen LogP contribution in [0.5, 0.6) is 0 Å². The van der Waals surface area contributed by atoms with E-state index < -0.39 is 26.7 Å². The number of sulfonamides is 1. The maximum atomic E-state index is 12.2. The summed E-state index contributed by atoms with van der Waals surface area (Å²) in [7, 11) is -3.95. The summed E-state index contributed by atoms with van der Waals surface area (Å²) in [5.74, 6) is 0. The minimum Gasteiger partial charge on any atom is -0.412 e. The van der Waals surface area contributed by atoms with Crippen LogP contribution in [0.3, 0.4) is 0 Å². The molecule has 0 aliphatic rings. The Balaban J connectivity index is 0.00000484. The van der Waals surface area contributed by atoms with Crippen molar-refractivity contribution in [3.8, 4) is 0 Å². The van der Waals surface area contributed by atoms with Gasteiger partial charge in [0.2, 0.25) is 10.0 Å². The van der Waals surface area contributed by atoms with Gasteiger partial charge in [0.25, 0.3) is 5.69 Å². The van der Waals surface area contributed by atoms with Gasteiger partial charge in [0.05, 0.1) is 4.92 Å². The minimum absolute atomic E-state index is 0. The Morgan fingerprint density at radius 3 is 2.57 bits per heavy atom. The Morgan fingerprint density at radius 1 is 1.30 bits per heavy atom. The summed E-state index contributed by atoms with van der Waals surface area (Å²) in [6, 6.07) is 4.82. The number of aliphatic hydroxyl groups is 1. The Hall–Kier alpha value is -1.59. The molecule has 5 N–H and O–H groups in total. The average molecular weight is 349 g/mol. The zero-order valence-corrected chi connectivity index (χ0v) is 13.7. The van der Waals surface area contributed by atoms with Crippen LogP contribution in [0.1, 0.15) is 19.8 Å². The molecule has 0 aliphatic carbocycles. The Morgan fingerprint density at radius 2 is 1.96 bits per heavy atom. The molecule has 0 aromatic heterocycles. The highest BCUT2D eigenvalue weighted by molar-refractivity contribution is 7.89. The molecule has 0 saturated heterocycles. The van der Waals surface area contributed by atoms with Crippen LogP contribution in [0.4, 0.5) is 5.69 Å². The molecule has 0 saturated carbocycles. The van der Waals surface area contributed by atoms with E-state index in [9.17, 15) is 18.5 Å². The van der Waals surface area contributed by atoms with Crippen molar-refractivity contribution in [2.45, 2.75) is 30.7 Å². The predicted octanol–water partition coefficient (Wildman–Crippen LogP) is -0.201. The molecule has 1 unspecified atom stereocenters. The van der Waals surface area contributed by atoms with Gasteiger partial charge in [-0.1, -0.05) is 12.1 Å². The number of benzene rings is 1. The van der Waals surface area contributed by atoms with E-state index >= 15 is 0 Å². The van der Waals surface area contributed by atoms with Gasteiger partial charge in [0.1, 0.15) is 0 Å². The number of nitro benzene ring substituents is 1. The summed E-state index contributed by atoms with van der Waals surface area (Å²) in [6.07, 6.45) is 1.48. The van der Waals surface area contributed by atoms with Gasteiger partial charge in [-0.2, -0.15) is 0 Å².